The summed E-state index contributed by atoms with van der Waals surface area (Å²) >= 11 is 0. The molecule has 4 nitrogen and oxygen atoms in total. The first-order chi connectivity index (χ1) is 15.0. The van der Waals surface area contributed by atoms with Crippen LogP contribution in [-0.2, 0) is 6.54 Å². The van der Waals surface area contributed by atoms with Gasteiger partial charge in [0.05, 0.1) is 17.9 Å². The molecule has 0 aromatic carbocycles. The van der Waals surface area contributed by atoms with Crippen LogP contribution in [0, 0.1) is 58.2 Å². The normalized spacial score (nSPS) is 42.8. The number of hydrogen-bond donors (Lipinski definition) is 1. The van der Waals surface area contributed by atoms with Crippen molar-refractivity contribution in [1.29, 1.82) is 5.26 Å². The predicted molar refractivity (Wildman–Crippen MR) is 122 cm³/mol. The van der Waals surface area contributed by atoms with E-state index in [1.54, 1.807) is 6.20 Å². The number of fused-ring (bicyclic) bond motifs is 5. The average Bonchev–Trinajstić information content (AvgIpc) is 3.37. The van der Waals surface area contributed by atoms with E-state index in [0.29, 0.717) is 16.9 Å². The molecule has 1 heterocycles. The van der Waals surface area contributed by atoms with Gasteiger partial charge < -0.3 is 5.11 Å². The average molecular weight is 424 g/mol. The maximum absolute atomic E-state index is 11.2. The Hall–Kier alpha value is -1.34. The second kappa shape index (κ2) is 8.54. The van der Waals surface area contributed by atoms with Crippen molar-refractivity contribution in [2.24, 2.45) is 46.8 Å². The van der Waals surface area contributed by atoms with Crippen LogP contribution < -0.4 is 0 Å². The first-order valence-electron chi connectivity index (χ1n) is 13.1. The highest BCUT2D eigenvalue weighted by Gasteiger charge is 2.57. The van der Waals surface area contributed by atoms with Gasteiger partial charge in [0.15, 0.2) is 0 Å². The van der Waals surface area contributed by atoms with Crippen molar-refractivity contribution < 1.29 is 5.11 Å². The topological polar surface area (TPSA) is 61.8 Å². The highest BCUT2D eigenvalue weighted by molar-refractivity contribution is 5.21. The highest BCUT2D eigenvalue weighted by atomic mass is 16.3. The lowest BCUT2D eigenvalue weighted by Gasteiger charge is -2.56. The van der Waals surface area contributed by atoms with Gasteiger partial charge in [0.25, 0.3) is 0 Å². The van der Waals surface area contributed by atoms with E-state index in [4.69, 9.17) is 5.26 Å². The maximum atomic E-state index is 11.2. The smallest absolute Gasteiger partial charge is 0.102 e. The van der Waals surface area contributed by atoms with Crippen LogP contribution in [0.4, 0.5) is 0 Å². The van der Waals surface area contributed by atoms with Gasteiger partial charge in [-0.05, 0) is 111 Å². The Balaban J connectivity index is 1.20. The Morgan fingerprint density at radius 1 is 1.16 bits per heavy atom. The van der Waals surface area contributed by atoms with Crippen molar-refractivity contribution in [3.05, 3.63) is 18.0 Å². The monoisotopic (exact) mass is 423 g/mol. The van der Waals surface area contributed by atoms with E-state index in [-0.39, 0.29) is 6.10 Å². The molecule has 9 unspecified atom stereocenters. The van der Waals surface area contributed by atoms with E-state index in [2.05, 4.69) is 25.0 Å². The minimum atomic E-state index is -0.190. The van der Waals surface area contributed by atoms with Crippen LogP contribution in [0.3, 0.4) is 0 Å². The van der Waals surface area contributed by atoms with E-state index in [1.165, 1.54) is 57.8 Å². The van der Waals surface area contributed by atoms with Gasteiger partial charge in [0.1, 0.15) is 6.07 Å². The van der Waals surface area contributed by atoms with E-state index >= 15 is 0 Å². The summed E-state index contributed by atoms with van der Waals surface area (Å²) in [5.74, 6) is 6.20. The largest absolute Gasteiger partial charge is 0.393 e. The lowest BCUT2D eigenvalue weighted by atomic mass is 9.49. The van der Waals surface area contributed by atoms with Crippen molar-refractivity contribution in [2.45, 2.75) is 97.1 Å². The van der Waals surface area contributed by atoms with Crippen LogP contribution in [0.25, 0.3) is 0 Å². The summed E-state index contributed by atoms with van der Waals surface area (Å²) in [7, 11) is 0. The summed E-state index contributed by atoms with van der Waals surface area (Å²) in [4.78, 5) is 0. The molecule has 9 atom stereocenters. The van der Waals surface area contributed by atoms with Crippen molar-refractivity contribution in [1.82, 2.24) is 9.78 Å². The number of nitriles is 1. The van der Waals surface area contributed by atoms with E-state index in [1.807, 2.05) is 10.9 Å². The molecular formula is C27H41N3O. The minimum absolute atomic E-state index is 0.190. The Kier molecular flexibility index (Phi) is 5.93. The molecule has 4 heteroatoms. The highest BCUT2D eigenvalue weighted by Crippen LogP contribution is 2.65. The molecule has 170 valence electrons. The fraction of sp³-hybridized carbons (Fsp3) is 0.852. The van der Waals surface area contributed by atoms with Crippen LogP contribution in [-0.4, -0.2) is 21.0 Å². The molecule has 0 bridgehead atoms. The molecule has 5 rings (SSSR count). The van der Waals surface area contributed by atoms with Gasteiger partial charge >= 0.3 is 0 Å². The molecule has 0 aliphatic heterocycles. The van der Waals surface area contributed by atoms with Crippen LogP contribution in [0.5, 0.6) is 0 Å². The summed E-state index contributed by atoms with van der Waals surface area (Å²) in [6.07, 6.45) is 17.7. The maximum Gasteiger partial charge on any atom is 0.102 e. The van der Waals surface area contributed by atoms with Crippen LogP contribution in [0.2, 0.25) is 0 Å². The Labute approximate surface area is 188 Å². The van der Waals surface area contributed by atoms with Gasteiger partial charge in [-0.3, -0.25) is 4.68 Å². The zero-order chi connectivity index (χ0) is 21.6. The standard InChI is InChI=1S/C27H41N3O/c1-18-5-7-21-20(14-18)6-8-23-22(21)11-12-27(2)24(23)9-10-25(27)26(31)4-3-13-30-17-19(15-28)16-29-30/h16-18,20-26,31H,3-14H2,1-2H3. The lowest BCUT2D eigenvalue weighted by molar-refractivity contribution is -0.0845. The zero-order valence-electron chi connectivity index (χ0n) is 19.5. The fourth-order valence-electron chi connectivity index (χ4n) is 8.97. The minimum Gasteiger partial charge on any atom is -0.393 e. The first kappa shape index (κ1) is 21.5. The predicted octanol–water partition coefficient (Wildman–Crippen LogP) is 5.80. The number of aromatic nitrogens is 2. The number of aliphatic hydroxyl groups excluding tert-OH is 1. The molecule has 1 aromatic rings. The van der Waals surface area contributed by atoms with E-state index in [9.17, 15) is 5.11 Å². The Morgan fingerprint density at radius 3 is 2.81 bits per heavy atom. The molecule has 0 saturated heterocycles. The fourth-order valence-corrected chi connectivity index (χ4v) is 8.97. The van der Waals surface area contributed by atoms with Gasteiger partial charge in [-0.1, -0.05) is 20.3 Å². The van der Waals surface area contributed by atoms with Crippen molar-refractivity contribution in [3.8, 4) is 6.07 Å². The molecule has 1 N–H and O–H groups in total. The molecule has 4 aliphatic rings. The number of nitrogens with zero attached hydrogens (tertiary/aromatic N) is 3. The first-order valence-corrected chi connectivity index (χ1v) is 13.1. The number of aliphatic hydroxyl groups is 1. The summed E-state index contributed by atoms with van der Waals surface area (Å²) in [6.45, 7) is 5.80. The van der Waals surface area contributed by atoms with E-state index < -0.39 is 0 Å². The SMILES string of the molecule is CC1CCC2C(CCC3C2CCC2(C)C(C(O)CCCn4cc(C#N)cn4)CCC32)C1. The third-order valence-corrected chi connectivity index (χ3v) is 10.4. The number of hydrogen-bond acceptors (Lipinski definition) is 3. The van der Waals surface area contributed by atoms with E-state index in [0.717, 1.165) is 54.9 Å². The molecule has 4 fully saturated rings. The molecule has 31 heavy (non-hydrogen) atoms. The quantitative estimate of drug-likeness (QED) is 0.651. The van der Waals surface area contributed by atoms with Gasteiger partial charge in [-0.2, -0.15) is 10.4 Å². The number of aryl methyl sites for hydroxylation is 1. The molecule has 1 aromatic heterocycles. The molecule has 0 amide bonds. The molecule has 4 saturated carbocycles. The third kappa shape index (κ3) is 3.86. The molecule has 4 aliphatic carbocycles. The Morgan fingerprint density at radius 2 is 2.00 bits per heavy atom. The van der Waals surface area contributed by atoms with Crippen LogP contribution in [0.15, 0.2) is 12.4 Å². The van der Waals surface area contributed by atoms with Gasteiger partial charge in [0, 0.05) is 12.7 Å². The number of rotatable bonds is 5. The van der Waals surface area contributed by atoms with Crippen molar-refractivity contribution in [3.63, 3.8) is 0 Å². The second-order valence-electron chi connectivity index (χ2n) is 11.9. The Bertz CT molecular complexity index is 812. The zero-order valence-corrected chi connectivity index (χ0v) is 19.5. The molecular weight excluding hydrogens is 382 g/mol. The third-order valence-electron chi connectivity index (χ3n) is 10.4. The van der Waals surface area contributed by atoms with Gasteiger partial charge in [-0.25, -0.2) is 0 Å². The van der Waals surface area contributed by atoms with Gasteiger partial charge in [0.2, 0.25) is 0 Å². The second-order valence-corrected chi connectivity index (χ2v) is 11.9. The lowest BCUT2D eigenvalue weighted by Crippen LogP contribution is -2.49. The van der Waals surface area contributed by atoms with Gasteiger partial charge in [-0.15, -0.1) is 0 Å². The summed E-state index contributed by atoms with van der Waals surface area (Å²) in [5, 5.41) is 24.4. The van der Waals surface area contributed by atoms with Crippen molar-refractivity contribution >= 4 is 0 Å². The molecule has 0 radical (unpaired) electrons. The van der Waals surface area contributed by atoms with Crippen LogP contribution in [0.1, 0.15) is 90.0 Å². The summed E-state index contributed by atoms with van der Waals surface area (Å²) in [6, 6.07) is 2.14. The summed E-state index contributed by atoms with van der Waals surface area (Å²) in [5.41, 5.74) is 0.959. The van der Waals surface area contributed by atoms with Crippen LogP contribution >= 0.6 is 0 Å². The van der Waals surface area contributed by atoms with Crippen molar-refractivity contribution in [2.75, 3.05) is 0 Å². The molecule has 0 spiro atoms. The summed E-state index contributed by atoms with van der Waals surface area (Å²) < 4.78 is 1.85.